The summed E-state index contributed by atoms with van der Waals surface area (Å²) in [5.74, 6) is -0.0820. The highest BCUT2D eigenvalue weighted by Crippen LogP contribution is 2.45. The van der Waals surface area contributed by atoms with Gasteiger partial charge in [-0.1, -0.05) is 41.9 Å². The number of ketones is 1. The van der Waals surface area contributed by atoms with Gasteiger partial charge in [0.05, 0.1) is 5.69 Å². The largest absolute Gasteiger partial charge is 0.294 e. The topological polar surface area (TPSA) is 37.4 Å². The van der Waals surface area contributed by atoms with Gasteiger partial charge >= 0.3 is 0 Å². The molecular formula is C23H22ClNO2. The summed E-state index contributed by atoms with van der Waals surface area (Å²) in [6.07, 6.45) is 2.32. The monoisotopic (exact) mass is 379 g/mol. The van der Waals surface area contributed by atoms with Gasteiger partial charge in [0.2, 0.25) is 5.91 Å². The van der Waals surface area contributed by atoms with Crippen LogP contribution in [-0.2, 0) is 9.59 Å². The quantitative estimate of drug-likeness (QED) is 0.692. The van der Waals surface area contributed by atoms with Crippen molar-refractivity contribution in [3.8, 4) is 0 Å². The molecule has 4 rings (SSSR count). The highest BCUT2D eigenvalue weighted by molar-refractivity contribution is 6.31. The summed E-state index contributed by atoms with van der Waals surface area (Å²) in [6, 6.07) is 13.6. The Labute approximate surface area is 164 Å². The molecule has 138 valence electrons. The summed E-state index contributed by atoms with van der Waals surface area (Å²) in [4.78, 5) is 28.0. The Hall–Kier alpha value is -2.39. The zero-order chi connectivity index (χ0) is 19.1. The lowest BCUT2D eigenvalue weighted by molar-refractivity contribution is -0.119. The molecule has 0 spiro atoms. The molecule has 0 saturated heterocycles. The molecule has 1 atom stereocenters. The number of Topliss-reactive ketones (excluding diaryl/α,β-unsaturated/α-hetero) is 1. The molecule has 2 aromatic rings. The first-order valence-electron chi connectivity index (χ1n) is 9.38. The minimum absolute atomic E-state index is 0.0297. The maximum atomic E-state index is 13.3. The van der Waals surface area contributed by atoms with Gasteiger partial charge in [-0.3, -0.25) is 14.5 Å². The Morgan fingerprint density at radius 2 is 1.81 bits per heavy atom. The first-order valence-corrected chi connectivity index (χ1v) is 9.76. The fourth-order valence-corrected chi connectivity index (χ4v) is 4.52. The smallest absolute Gasteiger partial charge is 0.232 e. The highest BCUT2D eigenvalue weighted by atomic mass is 35.5. The van der Waals surface area contributed by atoms with Crippen LogP contribution in [0.25, 0.3) is 0 Å². The molecule has 1 amide bonds. The van der Waals surface area contributed by atoms with Gasteiger partial charge in [0.1, 0.15) is 0 Å². The number of aryl methyl sites for hydroxylation is 2. The molecule has 4 heteroatoms. The van der Waals surface area contributed by atoms with E-state index < -0.39 is 0 Å². The van der Waals surface area contributed by atoms with Crippen molar-refractivity contribution in [2.24, 2.45) is 0 Å². The van der Waals surface area contributed by atoms with Crippen LogP contribution in [0.2, 0.25) is 5.02 Å². The number of hydrogen-bond acceptors (Lipinski definition) is 2. The maximum Gasteiger partial charge on any atom is 0.232 e. The lowest BCUT2D eigenvalue weighted by Crippen LogP contribution is -2.41. The number of amides is 1. The standard InChI is InChI=1S/C23H22ClNO2/c1-14-10-11-15(2)20(12-14)25-19-8-5-9-21(26)23(19)17(13-22(25)27)16-6-3-4-7-18(16)24/h3-4,6-7,10-12,17H,5,8-9,13H2,1-2H3. The number of hydrogen-bond donors (Lipinski definition) is 0. The minimum atomic E-state index is -0.254. The van der Waals surface area contributed by atoms with Crippen LogP contribution in [-0.4, -0.2) is 11.7 Å². The van der Waals surface area contributed by atoms with Gasteiger partial charge in [0.15, 0.2) is 5.78 Å². The molecule has 1 aliphatic carbocycles. The molecule has 3 nitrogen and oxygen atoms in total. The van der Waals surface area contributed by atoms with Crippen LogP contribution in [0, 0.1) is 13.8 Å². The van der Waals surface area contributed by atoms with Gasteiger partial charge < -0.3 is 0 Å². The van der Waals surface area contributed by atoms with E-state index in [2.05, 4.69) is 0 Å². The Morgan fingerprint density at radius 3 is 2.59 bits per heavy atom. The van der Waals surface area contributed by atoms with E-state index in [4.69, 9.17) is 11.6 Å². The minimum Gasteiger partial charge on any atom is -0.294 e. The number of carbonyl (C=O) groups excluding carboxylic acids is 2. The van der Waals surface area contributed by atoms with E-state index in [1.54, 1.807) is 4.90 Å². The van der Waals surface area contributed by atoms with E-state index in [1.807, 2.05) is 56.3 Å². The van der Waals surface area contributed by atoms with Crippen molar-refractivity contribution in [1.29, 1.82) is 0 Å². The van der Waals surface area contributed by atoms with Crippen LogP contribution in [0.15, 0.2) is 53.7 Å². The predicted molar refractivity (Wildman–Crippen MR) is 108 cm³/mol. The van der Waals surface area contributed by atoms with Crippen molar-refractivity contribution >= 4 is 29.0 Å². The SMILES string of the molecule is Cc1ccc(C)c(N2C(=O)CC(c3ccccc3Cl)C3=C2CCCC3=O)c1. The normalized spacial score (nSPS) is 20.1. The van der Waals surface area contributed by atoms with Gasteiger partial charge in [0, 0.05) is 35.1 Å². The van der Waals surface area contributed by atoms with Gasteiger partial charge in [-0.05, 0) is 55.5 Å². The molecule has 0 N–H and O–H groups in total. The fourth-order valence-electron chi connectivity index (χ4n) is 4.26. The molecule has 1 aliphatic heterocycles. The van der Waals surface area contributed by atoms with Crippen molar-refractivity contribution in [1.82, 2.24) is 0 Å². The lowest BCUT2D eigenvalue weighted by atomic mass is 9.77. The molecule has 0 fully saturated rings. The van der Waals surface area contributed by atoms with Crippen LogP contribution in [0.5, 0.6) is 0 Å². The molecule has 0 saturated carbocycles. The van der Waals surface area contributed by atoms with Gasteiger partial charge in [-0.15, -0.1) is 0 Å². The maximum absolute atomic E-state index is 13.3. The average molecular weight is 380 g/mol. The van der Waals surface area contributed by atoms with Crippen LogP contribution in [0.4, 0.5) is 5.69 Å². The third-order valence-corrected chi connectivity index (χ3v) is 5.91. The molecule has 1 unspecified atom stereocenters. The van der Waals surface area contributed by atoms with E-state index in [9.17, 15) is 9.59 Å². The van der Waals surface area contributed by atoms with Crippen molar-refractivity contribution in [3.05, 3.63) is 75.4 Å². The van der Waals surface area contributed by atoms with E-state index in [0.717, 1.165) is 46.5 Å². The fraction of sp³-hybridized carbons (Fsp3) is 0.304. The Balaban J connectivity index is 1.91. The molecule has 27 heavy (non-hydrogen) atoms. The lowest BCUT2D eigenvalue weighted by Gasteiger charge is -2.39. The van der Waals surface area contributed by atoms with Crippen molar-refractivity contribution in [3.63, 3.8) is 0 Å². The summed E-state index contributed by atoms with van der Waals surface area (Å²) in [7, 11) is 0. The summed E-state index contributed by atoms with van der Waals surface area (Å²) >= 11 is 6.42. The molecule has 2 aromatic carbocycles. The van der Waals surface area contributed by atoms with Crippen LogP contribution in [0.3, 0.4) is 0 Å². The molecule has 2 aliphatic rings. The zero-order valence-corrected chi connectivity index (χ0v) is 16.3. The Bertz CT molecular complexity index is 976. The van der Waals surface area contributed by atoms with E-state index in [-0.39, 0.29) is 24.0 Å². The summed E-state index contributed by atoms with van der Waals surface area (Å²) < 4.78 is 0. The van der Waals surface area contributed by atoms with E-state index >= 15 is 0 Å². The number of benzene rings is 2. The summed E-state index contributed by atoms with van der Waals surface area (Å²) in [6.45, 7) is 4.03. The van der Waals surface area contributed by atoms with Crippen LogP contribution in [0.1, 0.15) is 48.3 Å². The Kier molecular flexibility index (Phi) is 4.65. The van der Waals surface area contributed by atoms with Crippen molar-refractivity contribution < 1.29 is 9.59 Å². The van der Waals surface area contributed by atoms with E-state index in [0.29, 0.717) is 11.4 Å². The summed E-state index contributed by atoms with van der Waals surface area (Å²) in [5.41, 5.74) is 5.53. The van der Waals surface area contributed by atoms with Crippen LogP contribution < -0.4 is 4.90 Å². The number of allylic oxidation sites excluding steroid dienone is 2. The molecular weight excluding hydrogens is 358 g/mol. The van der Waals surface area contributed by atoms with Crippen LogP contribution >= 0.6 is 11.6 Å². The van der Waals surface area contributed by atoms with Gasteiger partial charge in [0.25, 0.3) is 0 Å². The molecule has 0 bridgehead atoms. The number of nitrogens with zero attached hydrogens (tertiary/aromatic N) is 1. The van der Waals surface area contributed by atoms with Gasteiger partial charge in [-0.25, -0.2) is 0 Å². The average Bonchev–Trinajstić information content (AvgIpc) is 2.64. The predicted octanol–water partition coefficient (Wildman–Crippen LogP) is 5.48. The second-order valence-electron chi connectivity index (χ2n) is 7.43. The second kappa shape index (κ2) is 6.97. The zero-order valence-electron chi connectivity index (χ0n) is 15.6. The summed E-state index contributed by atoms with van der Waals surface area (Å²) in [5, 5.41) is 0.612. The third-order valence-electron chi connectivity index (χ3n) is 5.56. The molecule has 1 heterocycles. The van der Waals surface area contributed by atoms with Gasteiger partial charge in [-0.2, -0.15) is 0 Å². The number of anilines is 1. The third kappa shape index (κ3) is 3.10. The number of halogens is 1. The second-order valence-corrected chi connectivity index (χ2v) is 7.84. The Morgan fingerprint density at radius 1 is 1.04 bits per heavy atom. The first-order chi connectivity index (χ1) is 13.0. The molecule has 0 radical (unpaired) electrons. The van der Waals surface area contributed by atoms with E-state index in [1.165, 1.54) is 0 Å². The number of rotatable bonds is 2. The number of carbonyl (C=O) groups is 2. The van der Waals surface area contributed by atoms with Crippen molar-refractivity contribution in [2.45, 2.75) is 45.4 Å². The molecule has 0 aromatic heterocycles. The van der Waals surface area contributed by atoms with Crippen molar-refractivity contribution in [2.75, 3.05) is 4.90 Å². The first kappa shape index (κ1) is 18.0. The highest BCUT2D eigenvalue weighted by Gasteiger charge is 2.40.